The van der Waals surface area contributed by atoms with Crippen molar-refractivity contribution in [2.75, 3.05) is 19.7 Å². The van der Waals surface area contributed by atoms with Gasteiger partial charge in [-0.05, 0) is 41.4 Å². The fourth-order valence-electron chi connectivity index (χ4n) is 1.21. The summed E-state index contributed by atoms with van der Waals surface area (Å²) < 4.78 is 5.76. The molecule has 0 saturated heterocycles. The van der Waals surface area contributed by atoms with Crippen molar-refractivity contribution in [2.24, 2.45) is 0 Å². The number of amides is 2. The van der Waals surface area contributed by atoms with Gasteiger partial charge in [-0.15, -0.1) is 11.3 Å². The molecule has 2 N–H and O–H groups in total. The Morgan fingerprint density at radius 1 is 1.39 bits per heavy atom. The molecule has 100 valence electrons. The third-order valence-electron chi connectivity index (χ3n) is 1.98. The molecule has 5 nitrogen and oxygen atoms in total. The van der Waals surface area contributed by atoms with E-state index < -0.39 is 5.97 Å². The third kappa shape index (κ3) is 6.02. The summed E-state index contributed by atoms with van der Waals surface area (Å²) in [5.41, 5.74) is 0. The van der Waals surface area contributed by atoms with Gasteiger partial charge in [-0.2, -0.15) is 0 Å². The molecule has 0 atom stereocenters. The fourth-order valence-corrected chi connectivity index (χ4v) is 2.69. The van der Waals surface area contributed by atoms with E-state index in [-0.39, 0.29) is 12.6 Å². The summed E-state index contributed by atoms with van der Waals surface area (Å²) in [5.74, 6) is -0.435. The standard InChI is InChI=1S/C11H15BrN2O3S/c1-2-17-10(15)7-14-11(16)13-6-5-8-3-4-9(12)18-8/h3-4H,2,5-7H2,1H3,(H2,13,14,16). The van der Waals surface area contributed by atoms with Crippen LogP contribution in [0.25, 0.3) is 0 Å². The first-order valence-corrected chi connectivity index (χ1v) is 7.14. The Hall–Kier alpha value is -1.08. The zero-order valence-electron chi connectivity index (χ0n) is 9.99. The second kappa shape index (κ2) is 8.10. The summed E-state index contributed by atoms with van der Waals surface area (Å²) >= 11 is 5.01. The molecule has 0 aliphatic heterocycles. The number of hydrogen-bond acceptors (Lipinski definition) is 4. The minimum atomic E-state index is -0.435. The van der Waals surface area contributed by atoms with Crippen LogP contribution < -0.4 is 10.6 Å². The molecule has 7 heteroatoms. The minimum Gasteiger partial charge on any atom is -0.465 e. The van der Waals surface area contributed by atoms with Crippen molar-refractivity contribution in [3.05, 3.63) is 20.8 Å². The summed E-state index contributed by atoms with van der Waals surface area (Å²) in [6.07, 6.45) is 0.767. The highest BCUT2D eigenvalue weighted by atomic mass is 79.9. The summed E-state index contributed by atoms with van der Waals surface area (Å²) in [4.78, 5) is 23.5. The summed E-state index contributed by atoms with van der Waals surface area (Å²) in [6, 6.07) is 3.62. The van der Waals surface area contributed by atoms with Crippen LogP contribution in [0.1, 0.15) is 11.8 Å². The van der Waals surface area contributed by atoms with E-state index >= 15 is 0 Å². The third-order valence-corrected chi connectivity index (χ3v) is 3.67. The van der Waals surface area contributed by atoms with Crippen LogP contribution in [0.15, 0.2) is 15.9 Å². The lowest BCUT2D eigenvalue weighted by Gasteiger charge is -2.06. The number of hydrogen-bond donors (Lipinski definition) is 2. The maximum absolute atomic E-state index is 11.3. The SMILES string of the molecule is CCOC(=O)CNC(=O)NCCc1ccc(Br)s1. The number of carbonyl (C=O) groups excluding carboxylic acids is 2. The van der Waals surface area contributed by atoms with Crippen molar-refractivity contribution in [1.82, 2.24) is 10.6 Å². The van der Waals surface area contributed by atoms with Gasteiger partial charge in [0.05, 0.1) is 10.4 Å². The molecular formula is C11H15BrN2O3S. The molecule has 0 aliphatic carbocycles. The first-order chi connectivity index (χ1) is 8.61. The second-order valence-electron chi connectivity index (χ2n) is 3.37. The summed E-state index contributed by atoms with van der Waals surface area (Å²) in [5, 5.41) is 5.10. The number of nitrogens with one attached hydrogen (secondary N) is 2. The van der Waals surface area contributed by atoms with Crippen molar-refractivity contribution in [3.8, 4) is 0 Å². The Balaban J connectivity index is 2.12. The molecule has 0 unspecified atom stereocenters. The van der Waals surface area contributed by atoms with Gasteiger partial charge < -0.3 is 15.4 Å². The zero-order valence-corrected chi connectivity index (χ0v) is 12.4. The largest absolute Gasteiger partial charge is 0.465 e. The van der Waals surface area contributed by atoms with Crippen molar-refractivity contribution in [1.29, 1.82) is 0 Å². The molecule has 1 aromatic heterocycles. The molecule has 0 aromatic carbocycles. The lowest BCUT2D eigenvalue weighted by Crippen LogP contribution is -2.39. The van der Waals surface area contributed by atoms with E-state index in [1.807, 2.05) is 12.1 Å². The van der Waals surface area contributed by atoms with Crippen LogP contribution in [-0.2, 0) is 16.0 Å². The van der Waals surface area contributed by atoms with E-state index in [4.69, 9.17) is 0 Å². The monoisotopic (exact) mass is 334 g/mol. The topological polar surface area (TPSA) is 67.4 Å². The number of thiophene rings is 1. The Morgan fingerprint density at radius 2 is 2.17 bits per heavy atom. The van der Waals surface area contributed by atoms with E-state index in [9.17, 15) is 9.59 Å². The van der Waals surface area contributed by atoms with E-state index in [0.29, 0.717) is 13.2 Å². The Bertz CT molecular complexity index is 409. The predicted octanol–water partition coefficient (Wildman–Crippen LogP) is 1.92. The van der Waals surface area contributed by atoms with E-state index in [0.717, 1.165) is 10.2 Å². The number of esters is 1. The molecule has 0 radical (unpaired) electrons. The molecular weight excluding hydrogens is 320 g/mol. The van der Waals surface area contributed by atoms with Crippen LogP contribution in [0.5, 0.6) is 0 Å². The Labute approximate surface area is 118 Å². The minimum absolute atomic E-state index is 0.107. The number of rotatable bonds is 6. The number of carbonyl (C=O) groups is 2. The zero-order chi connectivity index (χ0) is 13.4. The predicted molar refractivity (Wildman–Crippen MR) is 73.8 cm³/mol. The average Bonchev–Trinajstić information content (AvgIpc) is 2.73. The molecule has 1 heterocycles. The molecule has 0 spiro atoms. The van der Waals surface area contributed by atoms with Gasteiger partial charge in [0.15, 0.2) is 0 Å². The van der Waals surface area contributed by atoms with E-state index in [1.54, 1.807) is 18.3 Å². The van der Waals surface area contributed by atoms with Gasteiger partial charge >= 0.3 is 12.0 Å². The first kappa shape index (κ1) is 15.0. The second-order valence-corrected chi connectivity index (χ2v) is 5.92. The maximum Gasteiger partial charge on any atom is 0.325 e. The fraction of sp³-hybridized carbons (Fsp3) is 0.455. The lowest BCUT2D eigenvalue weighted by atomic mass is 10.3. The van der Waals surface area contributed by atoms with Crippen LogP contribution in [-0.4, -0.2) is 31.7 Å². The van der Waals surface area contributed by atoms with Gasteiger partial charge in [-0.1, -0.05) is 0 Å². The van der Waals surface area contributed by atoms with Gasteiger partial charge in [0.25, 0.3) is 0 Å². The van der Waals surface area contributed by atoms with Crippen molar-refractivity contribution in [2.45, 2.75) is 13.3 Å². The molecule has 1 aromatic rings. The van der Waals surface area contributed by atoms with E-state index in [2.05, 4.69) is 31.3 Å². The highest BCUT2D eigenvalue weighted by molar-refractivity contribution is 9.11. The molecule has 0 bridgehead atoms. The van der Waals surface area contributed by atoms with Crippen LogP contribution in [0, 0.1) is 0 Å². The molecule has 1 rings (SSSR count). The highest BCUT2D eigenvalue weighted by Gasteiger charge is 2.05. The lowest BCUT2D eigenvalue weighted by molar-refractivity contribution is -0.141. The molecule has 0 fully saturated rings. The van der Waals surface area contributed by atoms with Crippen molar-refractivity contribution >= 4 is 39.3 Å². The van der Waals surface area contributed by atoms with E-state index in [1.165, 1.54) is 4.88 Å². The molecule has 0 saturated carbocycles. The van der Waals surface area contributed by atoms with Gasteiger partial charge in [0, 0.05) is 11.4 Å². The molecule has 0 aliphatic rings. The summed E-state index contributed by atoms with van der Waals surface area (Å²) in [6.45, 7) is 2.46. The number of ether oxygens (including phenoxy) is 1. The van der Waals surface area contributed by atoms with Gasteiger partial charge in [0.2, 0.25) is 0 Å². The van der Waals surface area contributed by atoms with Crippen LogP contribution in [0.4, 0.5) is 4.79 Å². The van der Waals surface area contributed by atoms with Gasteiger partial charge in [0.1, 0.15) is 6.54 Å². The molecule has 18 heavy (non-hydrogen) atoms. The normalized spacial score (nSPS) is 9.89. The molecule has 2 amide bonds. The number of urea groups is 1. The van der Waals surface area contributed by atoms with Crippen LogP contribution in [0.2, 0.25) is 0 Å². The Kier molecular flexibility index (Phi) is 6.74. The average molecular weight is 335 g/mol. The number of halogens is 1. The smallest absolute Gasteiger partial charge is 0.325 e. The highest BCUT2D eigenvalue weighted by Crippen LogP contribution is 2.21. The quantitative estimate of drug-likeness (QED) is 0.781. The van der Waals surface area contributed by atoms with Crippen LogP contribution >= 0.6 is 27.3 Å². The van der Waals surface area contributed by atoms with Crippen molar-refractivity contribution < 1.29 is 14.3 Å². The van der Waals surface area contributed by atoms with Gasteiger partial charge in [-0.25, -0.2) is 4.79 Å². The van der Waals surface area contributed by atoms with Gasteiger partial charge in [-0.3, -0.25) is 4.79 Å². The van der Waals surface area contributed by atoms with Crippen molar-refractivity contribution in [3.63, 3.8) is 0 Å². The summed E-state index contributed by atoms with van der Waals surface area (Å²) in [7, 11) is 0. The maximum atomic E-state index is 11.3. The van der Waals surface area contributed by atoms with Crippen LogP contribution in [0.3, 0.4) is 0 Å². The first-order valence-electron chi connectivity index (χ1n) is 5.53. The Morgan fingerprint density at radius 3 is 2.78 bits per heavy atom.